The minimum Gasteiger partial charge on any atom is -0.378 e. The van der Waals surface area contributed by atoms with Crippen molar-refractivity contribution in [2.75, 3.05) is 63.3 Å². The normalized spacial score (nSPS) is 19.3. The van der Waals surface area contributed by atoms with E-state index in [-0.39, 0.29) is 11.8 Å². The van der Waals surface area contributed by atoms with Crippen molar-refractivity contribution < 1.29 is 9.53 Å². The largest absolute Gasteiger partial charge is 0.378 e. The number of anilines is 2. The van der Waals surface area contributed by atoms with Crippen LogP contribution in [0.2, 0.25) is 0 Å². The number of aromatic nitrogens is 2. The summed E-state index contributed by atoms with van der Waals surface area (Å²) in [6.45, 7) is 4.12. The van der Waals surface area contributed by atoms with Crippen LogP contribution in [0.4, 0.5) is 11.8 Å². The Morgan fingerprint density at radius 1 is 1.33 bits per heavy atom. The zero-order valence-electron chi connectivity index (χ0n) is 12.5. The second-order valence-corrected chi connectivity index (χ2v) is 5.65. The molecular formula is C14H21N5O2. The Labute approximate surface area is 124 Å². The van der Waals surface area contributed by atoms with Gasteiger partial charge in [0, 0.05) is 46.5 Å². The quantitative estimate of drug-likeness (QED) is 0.771. The predicted octanol–water partition coefficient (Wildman–Crippen LogP) is -0.162. The van der Waals surface area contributed by atoms with Crippen LogP contribution >= 0.6 is 0 Å². The number of ether oxygens (including phenoxy) is 1. The fourth-order valence-electron chi connectivity index (χ4n) is 2.58. The Hall–Kier alpha value is -1.89. The Morgan fingerprint density at radius 3 is 2.71 bits per heavy atom. The molecule has 1 aromatic heterocycles. The summed E-state index contributed by atoms with van der Waals surface area (Å²) in [5, 5.41) is 0. The van der Waals surface area contributed by atoms with Crippen molar-refractivity contribution in [1.82, 2.24) is 14.9 Å². The van der Waals surface area contributed by atoms with Gasteiger partial charge in [0.05, 0.1) is 19.1 Å². The highest BCUT2D eigenvalue weighted by Crippen LogP contribution is 2.24. The first-order valence-corrected chi connectivity index (χ1v) is 7.27. The van der Waals surface area contributed by atoms with Crippen LogP contribution in [-0.2, 0) is 9.53 Å². The van der Waals surface area contributed by atoms with Gasteiger partial charge < -0.3 is 19.4 Å². The van der Waals surface area contributed by atoms with E-state index in [2.05, 4.69) is 14.9 Å². The van der Waals surface area contributed by atoms with Crippen molar-refractivity contribution in [3.8, 4) is 0 Å². The fourth-order valence-corrected chi connectivity index (χ4v) is 2.58. The molecule has 2 fully saturated rings. The summed E-state index contributed by atoms with van der Waals surface area (Å²) in [6.07, 6.45) is 1.76. The molecule has 0 atom stereocenters. The van der Waals surface area contributed by atoms with Crippen molar-refractivity contribution >= 4 is 17.7 Å². The number of hydrogen-bond donors (Lipinski definition) is 0. The van der Waals surface area contributed by atoms with Crippen molar-refractivity contribution in [3.05, 3.63) is 12.3 Å². The Balaban J connectivity index is 1.57. The standard InChI is InChI=1S/C14H21N5O2/c1-17(2)12-3-4-15-14(16-12)19-9-11(10-19)13(20)18-5-7-21-8-6-18/h3-4,11H,5-10H2,1-2H3. The molecule has 114 valence electrons. The van der Waals surface area contributed by atoms with E-state index in [1.807, 2.05) is 30.0 Å². The summed E-state index contributed by atoms with van der Waals surface area (Å²) in [7, 11) is 3.90. The number of carbonyl (C=O) groups excluding carboxylic acids is 1. The molecule has 7 heteroatoms. The van der Waals surface area contributed by atoms with Crippen LogP contribution in [0.15, 0.2) is 12.3 Å². The first-order valence-electron chi connectivity index (χ1n) is 7.27. The average Bonchev–Trinajstić information content (AvgIpc) is 2.47. The number of amides is 1. The summed E-state index contributed by atoms with van der Waals surface area (Å²) in [6, 6.07) is 1.87. The maximum Gasteiger partial charge on any atom is 0.229 e. The average molecular weight is 291 g/mol. The number of morpholine rings is 1. The molecule has 0 aliphatic carbocycles. The Kier molecular flexibility index (Phi) is 3.92. The summed E-state index contributed by atoms with van der Waals surface area (Å²) >= 11 is 0. The van der Waals surface area contributed by atoms with Gasteiger partial charge in [0.2, 0.25) is 11.9 Å². The topological polar surface area (TPSA) is 61.8 Å². The summed E-state index contributed by atoms with van der Waals surface area (Å²) in [5.41, 5.74) is 0. The van der Waals surface area contributed by atoms with E-state index in [0.717, 1.165) is 5.82 Å². The summed E-state index contributed by atoms with van der Waals surface area (Å²) in [5.74, 6) is 1.88. The van der Waals surface area contributed by atoms with E-state index in [9.17, 15) is 4.79 Å². The smallest absolute Gasteiger partial charge is 0.229 e. The van der Waals surface area contributed by atoms with Gasteiger partial charge in [0.15, 0.2) is 0 Å². The van der Waals surface area contributed by atoms with Crippen LogP contribution in [0.1, 0.15) is 0 Å². The molecule has 0 spiro atoms. The van der Waals surface area contributed by atoms with Gasteiger partial charge in [0.25, 0.3) is 0 Å². The summed E-state index contributed by atoms with van der Waals surface area (Å²) < 4.78 is 5.28. The van der Waals surface area contributed by atoms with E-state index >= 15 is 0 Å². The molecule has 3 rings (SSSR count). The van der Waals surface area contributed by atoms with E-state index < -0.39 is 0 Å². The maximum absolute atomic E-state index is 12.3. The highest BCUT2D eigenvalue weighted by atomic mass is 16.5. The number of carbonyl (C=O) groups is 1. The molecule has 0 aromatic carbocycles. The van der Waals surface area contributed by atoms with Crippen molar-refractivity contribution in [2.45, 2.75) is 0 Å². The lowest BCUT2D eigenvalue weighted by molar-refractivity contribution is -0.140. The minimum atomic E-state index is 0.0645. The minimum absolute atomic E-state index is 0.0645. The van der Waals surface area contributed by atoms with Gasteiger partial charge >= 0.3 is 0 Å². The molecule has 3 heterocycles. The summed E-state index contributed by atoms with van der Waals surface area (Å²) in [4.78, 5) is 27.0. The van der Waals surface area contributed by atoms with Crippen LogP contribution in [0.5, 0.6) is 0 Å². The van der Waals surface area contributed by atoms with Crippen LogP contribution < -0.4 is 9.80 Å². The first kappa shape index (κ1) is 14.1. The molecule has 0 unspecified atom stereocenters. The molecular weight excluding hydrogens is 270 g/mol. The van der Waals surface area contributed by atoms with Gasteiger partial charge in [0.1, 0.15) is 5.82 Å². The second-order valence-electron chi connectivity index (χ2n) is 5.65. The number of rotatable bonds is 3. The Morgan fingerprint density at radius 2 is 2.05 bits per heavy atom. The molecule has 21 heavy (non-hydrogen) atoms. The zero-order valence-corrected chi connectivity index (χ0v) is 12.5. The fraction of sp³-hybridized carbons (Fsp3) is 0.643. The van der Waals surface area contributed by atoms with Crippen LogP contribution in [0, 0.1) is 5.92 Å². The number of hydrogen-bond acceptors (Lipinski definition) is 6. The molecule has 1 aromatic rings. The van der Waals surface area contributed by atoms with E-state index in [4.69, 9.17) is 4.74 Å². The van der Waals surface area contributed by atoms with E-state index in [1.165, 1.54) is 0 Å². The van der Waals surface area contributed by atoms with Gasteiger partial charge in [-0.2, -0.15) is 4.98 Å². The second kappa shape index (κ2) is 5.85. The van der Waals surface area contributed by atoms with Crippen molar-refractivity contribution in [1.29, 1.82) is 0 Å². The predicted molar refractivity (Wildman–Crippen MR) is 79.5 cm³/mol. The van der Waals surface area contributed by atoms with E-state index in [1.54, 1.807) is 6.20 Å². The van der Waals surface area contributed by atoms with E-state index in [0.29, 0.717) is 45.3 Å². The monoisotopic (exact) mass is 291 g/mol. The maximum atomic E-state index is 12.3. The van der Waals surface area contributed by atoms with Gasteiger partial charge in [-0.25, -0.2) is 4.98 Å². The van der Waals surface area contributed by atoms with Crippen molar-refractivity contribution in [3.63, 3.8) is 0 Å². The lowest BCUT2D eigenvalue weighted by Gasteiger charge is -2.41. The third-order valence-corrected chi connectivity index (χ3v) is 3.92. The molecule has 7 nitrogen and oxygen atoms in total. The number of nitrogens with zero attached hydrogens (tertiary/aromatic N) is 5. The molecule has 2 aliphatic rings. The lowest BCUT2D eigenvalue weighted by Crippen LogP contribution is -2.56. The van der Waals surface area contributed by atoms with Crippen molar-refractivity contribution in [2.24, 2.45) is 5.92 Å². The van der Waals surface area contributed by atoms with Gasteiger partial charge in [-0.05, 0) is 6.07 Å². The first-order chi connectivity index (χ1) is 10.1. The van der Waals surface area contributed by atoms with Gasteiger partial charge in [-0.1, -0.05) is 0 Å². The third kappa shape index (κ3) is 2.92. The molecule has 1 amide bonds. The molecule has 2 saturated heterocycles. The third-order valence-electron chi connectivity index (χ3n) is 3.92. The highest BCUT2D eigenvalue weighted by molar-refractivity contribution is 5.81. The zero-order chi connectivity index (χ0) is 14.8. The lowest BCUT2D eigenvalue weighted by atomic mass is 9.99. The van der Waals surface area contributed by atoms with Gasteiger partial charge in [-0.15, -0.1) is 0 Å². The molecule has 2 aliphatic heterocycles. The van der Waals surface area contributed by atoms with Crippen LogP contribution in [-0.4, -0.2) is 74.3 Å². The van der Waals surface area contributed by atoms with Crippen LogP contribution in [0.3, 0.4) is 0 Å². The highest BCUT2D eigenvalue weighted by Gasteiger charge is 2.37. The van der Waals surface area contributed by atoms with Gasteiger partial charge in [-0.3, -0.25) is 4.79 Å². The van der Waals surface area contributed by atoms with Crippen LogP contribution in [0.25, 0.3) is 0 Å². The molecule has 0 bridgehead atoms. The SMILES string of the molecule is CN(C)c1ccnc(N2CC(C(=O)N3CCOCC3)C2)n1. The Bertz CT molecular complexity index is 510. The molecule has 0 N–H and O–H groups in total. The molecule has 0 radical (unpaired) electrons. The molecule has 0 saturated carbocycles.